The lowest BCUT2D eigenvalue weighted by Crippen LogP contribution is -2.40. The average molecular weight is 332 g/mol. The minimum absolute atomic E-state index is 0.0797. The Kier molecular flexibility index (Phi) is 3.85. The van der Waals surface area contributed by atoms with Crippen LogP contribution in [0.15, 0.2) is 14.7 Å². The Hall–Kier alpha value is -2.38. The molecule has 1 unspecified atom stereocenters. The van der Waals surface area contributed by atoms with E-state index in [0.29, 0.717) is 36.1 Å². The maximum atomic E-state index is 12.9. The van der Waals surface area contributed by atoms with Crippen molar-refractivity contribution in [1.82, 2.24) is 18.7 Å². The Morgan fingerprint density at radius 1 is 1.25 bits per heavy atom. The van der Waals surface area contributed by atoms with Gasteiger partial charge in [0, 0.05) is 20.1 Å². The molecule has 8 nitrogen and oxygen atoms in total. The molecule has 8 heteroatoms. The first-order valence-electron chi connectivity index (χ1n) is 8.32. The Balaban J connectivity index is 2.41. The maximum Gasteiger partial charge on any atom is 0.332 e. The van der Waals surface area contributed by atoms with Crippen molar-refractivity contribution in [2.24, 2.45) is 18.1 Å². The van der Waals surface area contributed by atoms with E-state index in [9.17, 15) is 9.59 Å². The lowest BCUT2D eigenvalue weighted by Gasteiger charge is -2.30. The SMILES string of the molecule is CCn1c(=O)c2c(nc3n2C(C)C(C)=NN3CC(C)C)n(C)c1=O. The van der Waals surface area contributed by atoms with Crippen molar-refractivity contribution in [1.29, 1.82) is 0 Å². The van der Waals surface area contributed by atoms with Gasteiger partial charge in [-0.25, -0.2) is 9.80 Å². The van der Waals surface area contributed by atoms with Gasteiger partial charge in [-0.3, -0.25) is 18.5 Å². The summed E-state index contributed by atoms with van der Waals surface area (Å²) in [6.45, 7) is 11.0. The molecule has 0 spiro atoms. The van der Waals surface area contributed by atoms with Gasteiger partial charge in [0.15, 0.2) is 11.2 Å². The molecule has 2 aromatic rings. The summed E-state index contributed by atoms with van der Waals surface area (Å²) in [5, 5.41) is 6.47. The van der Waals surface area contributed by atoms with E-state index in [1.807, 2.05) is 23.4 Å². The second kappa shape index (κ2) is 5.61. The summed E-state index contributed by atoms with van der Waals surface area (Å²) >= 11 is 0. The van der Waals surface area contributed by atoms with Crippen molar-refractivity contribution < 1.29 is 0 Å². The molecule has 3 rings (SSSR count). The normalized spacial score (nSPS) is 17.5. The van der Waals surface area contributed by atoms with Gasteiger partial charge >= 0.3 is 5.69 Å². The number of anilines is 1. The Morgan fingerprint density at radius 3 is 2.50 bits per heavy atom. The average Bonchev–Trinajstić information content (AvgIpc) is 2.91. The maximum absolute atomic E-state index is 12.9. The number of nitrogens with zero attached hydrogens (tertiary/aromatic N) is 6. The number of hydrogen-bond donors (Lipinski definition) is 0. The van der Waals surface area contributed by atoms with Crippen LogP contribution in [-0.4, -0.2) is 30.9 Å². The van der Waals surface area contributed by atoms with Crippen LogP contribution in [0.25, 0.3) is 11.2 Å². The third-order valence-corrected chi connectivity index (χ3v) is 4.51. The topological polar surface area (TPSA) is 77.4 Å². The summed E-state index contributed by atoms with van der Waals surface area (Å²) in [5.74, 6) is 1.01. The van der Waals surface area contributed by atoms with Crippen LogP contribution in [0.4, 0.5) is 5.95 Å². The van der Waals surface area contributed by atoms with Gasteiger partial charge in [-0.2, -0.15) is 10.1 Å². The first-order chi connectivity index (χ1) is 11.3. The van der Waals surface area contributed by atoms with Crippen LogP contribution in [0.1, 0.15) is 40.7 Å². The summed E-state index contributed by atoms with van der Waals surface area (Å²) in [4.78, 5) is 29.9. The molecule has 1 atom stereocenters. The molecule has 2 aromatic heterocycles. The minimum Gasteiger partial charge on any atom is -0.294 e. The fourth-order valence-corrected chi connectivity index (χ4v) is 3.13. The predicted octanol–water partition coefficient (Wildman–Crippen LogP) is 1.33. The number of hydrazone groups is 1. The largest absolute Gasteiger partial charge is 0.332 e. The molecule has 0 bridgehead atoms. The molecule has 0 saturated heterocycles. The highest BCUT2D eigenvalue weighted by molar-refractivity contribution is 5.91. The molecular formula is C16H24N6O2. The summed E-state index contributed by atoms with van der Waals surface area (Å²) in [6.07, 6.45) is 0. The highest BCUT2D eigenvalue weighted by Gasteiger charge is 2.30. The summed E-state index contributed by atoms with van der Waals surface area (Å²) in [7, 11) is 1.65. The molecule has 1 aliphatic heterocycles. The van der Waals surface area contributed by atoms with Crippen molar-refractivity contribution >= 4 is 22.8 Å². The lowest BCUT2D eigenvalue weighted by atomic mass is 10.2. The minimum atomic E-state index is -0.342. The molecule has 0 aliphatic carbocycles. The molecule has 0 radical (unpaired) electrons. The fraction of sp³-hybridized carbons (Fsp3) is 0.625. The number of rotatable bonds is 3. The number of hydrogen-bond acceptors (Lipinski definition) is 5. The van der Waals surface area contributed by atoms with Gasteiger partial charge in [-0.15, -0.1) is 0 Å². The fourth-order valence-electron chi connectivity index (χ4n) is 3.13. The molecule has 0 saturated carbocycles. The Labute approximate surface area is 140 Å². The lowest BCUT2D eigenvalue weighted by molar-refractivity contribution is 0.571. The quantitative estimate of drug-likeness (QED) is 0.849. The monoisotopic (exact) mass is 332 g/mol. The van der Waals surface area contributed by atoms with E-state index >= 15 is 0 Å². The molecule has 24 heavy (non-hydrogen) atoms. The zero-order valence-electron chi connectivity index (χ0n) is 15.1. The van der Waals surface area contributed by atoms with Gasteiger partial charge in [-0.1, -0.05) is 13.8 Å². The van der Waals surface area contributed by atoms with Crippen LogP contribution < -0.4 is 16.3 Å². The van der Waals surface area contributed by atoms with Crippen molar-refractivity contribution in [3.63, 3.8) is 0 Å². The van der Waals surface area contributed by atoms with Crippen molar-refractivity contribution in [3.8, 4) is 0 Å². The predicted molar refractivity (Wildman–Crippen MR) is 94.9 cm³/mol. The summed E-state index contributed by atoms with van der Waals surface area (Å²) in [6, 6.07) is -0.0797. The van der Waals surface area contributed by atoms with Crippen LogP contribution in [0.3, 0.4) is 0 Å². The van der Waals surface area contributed by atoms with Crippen molar-refractivity contribution in [2.75, 3.05) is 11.6 Å². The van der Waals surface area contributed by atoms with E-state index in [0.717, 1.165) is 5.71 Å². The summed E-state index contributed by atoms with van der Waals surface area (Å²) < 4.78 is 4.60. The molecule has 3 heterocycles. The summed E-state index contributed by atoms with van der Waals surface area (Å²) in [5.41, 5.74) is 1.16. The molecule has 0 N–H and O–H groups in total. The molecular weight excluding hydrogens is 308 g/mol. The number of aryl methyl sites for hydroxylation is 1. The van der Waals surface area contributed by atoms with E-state index < -0.39 is 0 Å². The first kappa shape index (κ1) is 16.5. The highest BCUT2D eigenvalue weighted by Crippen LogP contribution is 2.30. The molecule has 1 aliphatic rings. The van der Waals surface area contributed by atoms with Crippen molar-refractivity contribution in [3.05, 3.63) is 20.8 Å². The zero-order chi connectivity index (χ0) is 17.8. The van der Waals surface area contributed by atoms with Gasteiger partial charge < -0.3 is 0 Å². The van der Waals surface area contributed by atoms with Crippen LogP contribution in [0.2, 0.25) is 0 Å². The Bertz CT molecular complexity index is 946. The van der Waals surface area contributed by atoms with Gasteiger partial charge in [0.2, 0.25) is 5.95 Å². The molecule has 0 aromatic carbocycles. The van der Waals surface area contributed by atoms with E-state index in [4.69, 9.17) is 0 Å². The third kappa shape index (κ3) is 2.20. The number of aromatic nitrogens is 4. The van der Waals surface area contributed by atoms with Crippen LogP contribution in [0, 0.1) is 5.92 Å². The number of fused-ring (bicyclic) bond motifs is 3. The third-order valence-electron chi connectivity index (χ3n) is 4.51. The van der Waals surface area contributed by atoms with E-state index in [-0.39, 0.29) is 17.3 Å². The highest BCUT2D eigenvalue weighted by atomic mass is 16.2. The number of imidazole rings is 1. The van der Waals surface area contributed by atoms with Gasteiger partial charge in [0.25, 0.3) is 5.56 Å². The molecule has 0 fully saturated rings. The van der Waals surface area contributed by atoms with E-state index in [1.165, 1.54) is 9.13 Å². The van der Waals surface area contributed by atoms with Crippen LogP contribution >= 0.6 is 0 Å². The van der Waals surface area contributed by atoms with E-state index in [1.54, 1.807) is 14.0 Å². The standard InChI is InChI=1S/C16H24N6O2/c1-7-20-14(23)12-13(19(6)16(20)24)17-15-21(8-9(2)3)18-10(4)11(5)22(12)15/h9,11H,7-8H2,1-6H3. The van der Waals surface area contributed by atoms with Crippen LogP contribution in [0.5, 0.6) is 0 Å². The molecule has 130 valence electrons. The van der Waals surface area contributed by atoms with Crippen molar-refractivity contribution in [2.45, 2.75) is 47.2 Å². The van der Waals surface area contributed by atoms with Gasteiger partial charge in [0.1, 0.15) is 0 Å². The van der Waals surface area contributed by atoms with Gasteiger partial charge in [-0.05, 0) is 26.7 Å². The zero-order valence-corrected chi connectivity index (χ0v) is 15.1. The first-order valence-corrected chi connectivity index (χ1v) is 8.32. The second-order valence-corrected chi connectivity index (χ2v) is 6.74. The molecule has 0 amide bonds. The second-order valence-electron chi connectivity index (χ2n) is 6.74. The smallest absolute Gasteiger partial charge is 0.294 e. The Morgan fingerprint density at radius 2 is 1.92 bits per heavy atom. The van der Waals surface area contributed by atoms with Crippen LogP contribution in [-0.2, 0) is 13.6 Å². The van der Waals surface area contributed by atoms with Gasteiger partial charge in [0.05, 0.1) is 11.8 Å². The van der Waals surface area contributed by atoms with E-state index in [2.05, 4.69) is 23.9 Å².